The van der Waals surface area contributed by atoms with Crippen LogP contribution in [0.1, 0.15) is 58.1 Å². The topological polar surface area (TPSA) is 58.4 Å². The maximum Gasteiger partial charge on any atom is 0.225 e. The normalized spacial score (nSPS) is 29.0. The second kappa shape index (κ2) is 6.06. The Morgan fingerprint density at radius 2 is 1.93 bits per heavy atom. The number of hydrogen-bond donors (Lipinski definition) is 1. The van der Waals surface area contributed by atoms with Gasteiger partial charge in [-0.05, 0) is 62.6 Å². The van der Waals surface area contributed by atoms with Gasteiger partial charge in [-0.3, -0.25) is 4.79 Å². The van der Waals surface area contributed by atoms with E-state index in [0.29, 0.717) is 30.1 Å². The molecule has 5 heteroatoms. The summed E-state index contributed by atoms with van der Waals surface area (Å²) in [4.78, 5) is 19.4. The summed E-state index contributed by atoms with van der Waals surface area (Å²) >= 11 is 0. The van der Waals surface area contributed by atoms with Gasteiger partial charge in [0.05, 0.1) is 5.60 Å². The van der Waals surface area contributed by atoms with Crippen molar-refractivity contribution in [3.05, 3.63) is 30.1 Å². The highest BCUT2D eigenvalue weighted by Crippen LogP contribution is 2.53. The molecule has 0 radical (unpaired) electrons. The standard InChI is InChI=1S/C23H31N3O2/c1-15(2)19-5-4-17-6-7-25(20(17)24-19)12-16-8-23(9-16)13-26(14-23)21(27)18-10-22(3,28)11-18/h4-7,15-16,18,28H,8-14H2,1-3H3/t18-,22+. The van der Waals surface area contributed by atoms with Crippen LogP contribution < -0.4 is 0 Å². The number of fused-ring (bicyclic) bond motifs is 1. The maximum atomic E-state index is 12.5. The lowest BCUT2D eigenvalue weighted by atomic mass is 9.57. The number of likely N-dealkylation sites (tertiary alicyclic amines) is 1. The zero-order valence-corrected chi connectivity index (χ0v) is 17.2. The van der Waals surface area contributed by atoms with Gasteiger partial charge in [-0.2, -0.15) is 0 Å². The minimum absolute atomic E-state index is 0.0516. The summed E-state index contributed by atoms with van der Waals surface area (Å²) < 4.78 is 2.32. The van der Waals surface area contributed by atoms with Gasteiger partial charge >= 0.3 is 0 Å². The molecule has 0 atom stereocenters. The van der Waals surface area contributed by atoms with Crippen molar-refractivity contribution in [2.75, 3.05) is 13.1 Å². The SMILES string of the molecule is CC(C)c1ccc2ccn(CC3CC4(C3)CN(C(=O)[C@H]3C[C@@](C)(O)C3)C4)c2n1. The van der Waals surface area contributed by atoms with Gasteiger partial charge in [0.25, 0.3) is 0 Å². The van der Waals surface area contributed by atoms with Crippen molar-refractivity contribution in [2.45, 2.75) is 64.5 Å². The highest BCUT2D eigenvalue weighted by molar-refractivity contribution is 5.81. The average Bonchev–Trinajstić information content (AvgIpc) is 2.95. The molecule has 3 fully saturated rings. The summed E-state index contributed by atoms with van der Waals surface area (Å²) in [5.41, 5.74) is 2.01. The van der Waals surface area contributed by atoms with E-state index in [2.05, 4.69) is 42.8 Å². The van der Waals surface area contributed by atoms with Crippen molar-refractivity contribution >= 4 is 16.9 Å². The van der Waals surface area contributed by atoms with Crippen molar-refractivity contribution < 1.29 is 9.90 Å². The van der Waals surface area contributed by atoms with Gasteiger partial charge < -0.3 is 14.6 Å². The van der Waals surface area contributed by atoms with E-state index in [1.54, 1.807) is 0 Å². The number of pyridine rings is 1. The van der Waals surface area contributed by atoms with Crippen LogP contribution in [-0.2, 0) is 11.3 Å². The Morgan fingerprint density at radius 3 is 2.57 bits per heavy atom. The van der Waals surface area contributed by atoms with E-state index in [4.69, 9.17) is 4.98 Å². The van der Waals surface area contributed by atoms with Crippen LogP contribution in [0.15, 0.2) is 24.4 Å². The first-order valence-electron chi connectivity index (χ1n) is 10.7. The predicted octanol–water partition coefficient (Wildman–Crippen LogP) is 3.56. The molecule has 28 heavy (non-hydrogen) atoms. The minimum atomic E-state index is -0.618. The van der Waals surface area contributed by atoms with Crippen LogP contribution >= 0.6 is 0 Å². The third-order valence-corrected chi connectivity index (χ3v) is 7.21. The molecule has 0 bridgehead atoms. The van der Waals surface area contributed by atoms with Crippen molar-refractivity contribution in [1.82, 2.24) is 14.5 Å². The first kappa shape index (κ1) is 18.2. The molecule has 2 aliphatic carbocycles. The molecule has 2 saturated carbocycles. The van der Waals surface area contributed by atoms with Crippen LogP contribution in [0.4, 0.5) is 0 Å². The number of rotatable bonds is 4. The molecule has 2 aromatic rings. The average molecular weight is 382 g/mol. The van der Waals surface area contributed by atoms with E-state index in [1.165, 1.54) is 18.2 Å². The molecule has 1 saturated heterocycles. The fourth-order valence-corrected chi connectivity index (χ4v) is 5.73. The highest BCUT2D eigenvalue weighted by Gasteiger charge is 2.55. The van der Waals surface area contributed by atoms with Crippen molar-refractivity contribution in [1.29, 1.82) is 0 Å². The number of aliphatic hydroxyl groups is 1. The molecule has 1 spiro atoms. The lowest BCUT2D eigenvalue weighted by molar-refractivity contribution is -0.171. The summed E-state index contributed by atoms with van der Waals surface area (Å²) in [6.45, 7) is 9.07. The molecule has 3 aliphatic rings. The van der Waals surface area contributed by atoms with Crippen molar-refractivity contribution in [3.8, 4) is 0 Å². The smallest absolute Gasteiger partial charge is 0.225 e. The van der Waals surface area contributed by atoms with E-state index in [0.717, 1.165) is 31.0 Å². The van der Waals surface area contributed by atoms with Crippen LogP contribution in [0.2, 0.25) is 0 Å². The molecule has 5 nitrogen and oxygen atoms in total. The lowest BCUT2D eigenvalue weighted by Crippen LogP contribution is -2.66. The molecule has 0 unspecified atom stereocenters. The zero-order valence-electron chi connectivity index (χ0n) is 17.2. The second-order valence-electron chi connectivity index (χ2n) is 10.3. The number of hydrogen-bond acceptors (Lipinski definition) is 3. The molecule has 3 heterocycles. The van der Waals surface area contributed by atoms with Gasteiger partial charge in [0, 0.05) is 48.2 Å². The second-order valence-corrected chi connectivity index (χ2v) is 10.3. The Balaban J connectivity index is 1.16. The Kier molecular flexibility index (Phi) is 3.93. The van der Waals surface area contributed by atoms with E-state index in [9.17, 15) is 9.90 Å². The Morgan fingerprint density at radius 1 is 1.21 bits per heavy atom. The van der Waals surface area contributed by atoms with E-state index in [1.807, 2.05) is 11.8 Å². The number of nitrogens with zero attached hydrogens (tertiary/aromatic N) is 3. The molecular weight excluding hydrogens is 350 g/mol. The lowest BCUT2D eigenvalue weighted by Gasteiger charge is -2.60. The van der Waals surface area contributed by atoms with E-state index >= 15 is 0 Å². The number of aromatic nitrogens is 2. The van der Waals surface area contributed by atoms with Crippen LogP contribution in [-0.4, -0.2) is 44.2 Å². The molecule has 2 aromatic heterocycles. The molecule has 1 N–H and O–H groups in total. The number of amides is 1. The molecule has 150 valence electrons. The summed E-state index contributed by atoms with van der Waals surface area (Å²) in [6.07, 6.45) is 5.85. The fourth-order valence-electron chi connectivity index (χ4n) is 5.73. The van der Waals surface area contributed by atoms with Gasteiger partial charge in [-0.25, -0.2) is 4.98 Å². The van der Waals surface area contributed by atoms with Crippen molar-refractivity contribution in [3.63, 3.8) is 0 Å². The maximum absolute atomic E-state index is 12.5. The highest BCUT2D eigenvalue weighted by atomic mass is 16.3. The summed E-state index contributed by atoms with van der Waals surface area (Å²) in [5.74, 6) is 1.44. The predicted molar refractivity (Wildman–Crippen MR) is 109 cm³/mol. The summed E-state index contributed by atoms with van der Waals surface area (Å²) in [5, 5.41) is 11.1. The first-order valence-corrected chi connectivity index (χ1v) is 10.7. The van der Waals surface area contributed by atoms with Crippen LogP contribution in [0.5, 0.6) is 0 Å². The Bertz CT molecular complexity index is 907. The van der Waals surface area contributed by atoms with E-state index in [-0.39, 0.29) is 11.8 Å². The molecule has 1 aliphatic heterocycles. The minimum Gasteiger partial charge on any atom is -0.390 e. The van der Waals surface area contributed by atoms with Gasteiger partial charge in [0.1, 0.15) is 5.65 Å². The van der Waals surface area contributed by atoms with Crippen LogP contribution in [0.25, 0.3) is 11.0 Å². The van der Waals surface area contributed by atoms with E-state index < -0.39 is 5.60 Å². The molecule has 1 amide bonds. The first-order chi connectivity index (χ1) is 13.2. The van der Waals surface area contributed by atoms with Crippen molar-refractivity contribution in [2.24, 2.45) is 17.3 Å². The van der Waals surface area contributed by atoms with Gasteiger partial charge in [-0.1, -0.05) is 13.8 Å². The summed E-state index contributed by atoms with van der Waals surface area (Å²) in [7, 11) is 0. The number of carbonyl (C=O) groups is 1. The van der Waals surface area contributed by atoms with Gasteiger partial charge in [0.15, 0.2) is 0 Å². The molecule has 5 rings (SSSR count). The zero-order chi connectivity index (χ0) is 19.7. The van der Waals surface area contributed by atoms with Gasteiger partial charge in [-0.15, -0.1) is 0 Å². The monoisotopic (exact) mass is 381 g/mol. The quantitative estimate of drug-likeness (QED) is 0.881. The fraction of sp³-hybridized carbons (Fsp3) is 0.652. The third-order valence-electron chi connectivity index (χ3n) is 7.21. The van der Waals surface area contributed by atoms with Crippen LogP contribution in [0.3, 0.4) is 0 Å². The number of carbonyl (C=O) groups excluding carboxylic acids is 1. The molecule has 0 aromatic carbocycles. The van der Waals surface area contributed by atoms with Gasteiger partial charge in [0.2, 0.25) is 5.91 Å². The van der Waals surface area contributed by atoms with Crippen LogP contribution in [0, 0.1) is 17.3 Å². The summed E-state index contributed by atoms with van der Waals surface area (Å²) in [6, 6.07) is 6.49. The third kappa shape index (κ3) is 2.95. The molecular formula is C23H31N3O2. The Hall–Kier alpha value is -1.88. The Labute approximate surface area is 166 Å². The largest absolute Gasteiger partial charge is 0.390 e.